The van der Waals surface area contributed by atoms with E-state index in [0.717, 1.165) is 29.1 Å². The van der Waals surface area contributed by atoms with Gasteiger partial charge < -0.3 is 15.2 Å². The predicted octanol–water partition coefficient (Wildman–Crippen LogP) is 2.87. The molecule has 6 nitrogen and oxygen atoms in total. The van der Waals surface area contributed by atoms with E-state index in [-0.39, 0.29) is 11.7 Å². The normalized spacial score (nSPS) is 10.6. The number of anilines is 1. The molecule has 0 spiro atoms. The van der Waals surface area contributed by atoms with Crippen molar-refractivity contribution < 1.29 is 9.59 Å². The van der Waals surface area contributed by atoms with E-state index in [9.17, 15) is 9.59 Å². The van der Waals surface area contributed by atoms with Crippen LogP contribution in [-0.2, 0) is 13.0 Å². The van der Waals surface area contributed by atoms with Crippen LogP contribution < -0.4 is 10.2 Å². The Balaban J connectivity index is 2.20. The number of carbonyl (C=O) groups is 2. The number of aryl methyl sites for hydroxylation is 1. The number of pyridine rings is 1. The first kappa shape index (κ1) is 18.7. The van der Waals surface area contributed by atoms with E-state index in [4.69, 9.17) is 0 Å². The topological polar surface area (TPSA) is 78.1 Å². The highest BCUT2D eigenvalue weighted by Gasteiger charge is 2.22. The highest BCUT2D eigenvalue weighted by molar-refractivity contribution is 6.02. The summed E-state index contributed by atoms with van der Waals surface area (Å²) in [5.74, 6) is 0.635. The van der Waals surface area contributed by atoms with Gasteiger partial charge in [0.2, 0.25) is 0 Å². The molecule has 0 aliphatic rings. The first-order chi connectivity index (χ1) is 11.8. The molecular weight excluding hydrogens is 316 g/mol. The van der Waals surface area contributed by atoms with Crippen molar-refractivity contribution in [2.24, 2.45) is 0 Å². The number of Topliss-reactive ketones (excluding diaryl/α,β-unsaturated/α-hetero) is 1. The average molecular weight is 342 g/mol. The second kappa shape index (κ2) is 7.96. The molecule has 0 aromatic carbocycles. The molecule has 2 aromatic heterocycles. The Morgan fingerprint density at radius 2 is 2.04 bits per heavy atom. The first-order valence-electron chi connectivity index (χ1n) is 8.48. The molecule has 6 heteroatoms. The number of H-pyrrole nitrogens is 1. The Morgan fingerprint density at radius 3 is 2.64 bits per heavy atom. The van der Waals surface area contributed by atoms with Crippen LogP contribution in [0.4, 0.5) is 5.82 Å². The van der Waals surface area contributed by atoms with Crippen LogP contribution in [0, 0.1) is 6.92 Å². The highest BCUT2D eigenvalue weighted by Crippen LogP contribution is 2.21. The largest absolute Gasteiger partial charge is 0.363 e. The van der Waals surface area contributed by atoms with Gasteiger partial charge in [-0.2, -0.15) is 0 Å². The quantitative estimate of drug-likeness (QED) is 0.759. The molecule has 0 fully saturated rings. The maximum atomic E-state index is 12.6. The third-order valence-corrected chi connectivity index (χ3v) is 4.09. The van der Waals surface area contributed by atoms with Gasteiger partial charge in [-0.1, -0.05) is 13.3 Å². The average Bonchev–Trinajstić information content (AvgIpc) is 2.89. The summed E-state index contributed by atoms with van der Waals surface area (Å²) in [6, 6.07) is 3.81. The van der Waals surface area contributed by atoms with Gasteiger partial charge in [0.15, 0.2) is 5.78 Å². The smallest absolute Gasteiger partial charge is 0.268 e. The molecule has 25 heavy (non-hydrogen) atoms. The number of nitrogens with zero attached hydrogens (tertiary/aromatic N) is 2. The number of nitrogens with one attached hydrogen (secondary N) is 2. The number of ketones is 1. The SMILES string of the molecule is CCCc1c(C(=O)NCc2ccnc(N(C)C)c2)[nH]c(C)c1C(C)=O. The van der Waals surface area contributed by atoms with Gasteiger partial charge in [0.25, 0.3) is 5.91 Å². The van der Waals surface area contributed by atoms with Crippen LogP contribution >= 0.6 is 0 Å². The summed E-state index contributed by atoms with van der Waals surface area (Å²) in [5.41, 5.74) is 3.67. The number of rotatable bonds is 7. The van der Waals surface area contributed by atoms with E-state index in [2.05, 4.69) is 15.3 Å². The monoisotopic (exact) mass is 342 g/mol. The third-order valence-electron chi connectivity index (χ3n) is 4.09. The van der Waals surface area contributed by atoms with Gasteiger partial charge in [0.05, 0.1) is 0 Å². The van der Waals surface area contributed by atoms with Crippen molar-refractivity contribution in [2.45, 2.75) is 40.2 Å². The molecule has 134 valence electrons. The van der Waals surface area contributed by atoms with E-state index in [1.807, 2.05) is 45.0 Å². The summed E-state index contributed by atoms with van der Waals surface area (Å²) in [6.07, 6.45) is 3.29. The fourth-order valence-electron chi connectivity index (χ4n) is 2.93. The van der Waals surface area contributed by atoms with Crippen LogP contribution in [0.25, 0.3) is 0 Å². The fourth-order valence-corrected chi connectivity index (χ4v) is 2.93. The van der Waals surface area contributed by atoms with Crippen LogP contribution in [0.5, 0.6) is 0 Å². The van der Waals surface area contributed by atoms with Gasteiger partial charge in [-0.05, 0) is 43.5 Å². The molecule has 0 aliphatic heterocycles. The Kier molecular flexibility index (Phi) is 5.96. The second-order valence-electron chi connectivity index (χ2n) is 6.38. The summed E-state index contributed by atoms with van der Waals surface area (Å²) >= 11 is 0. The number of carbonyl (C=O) groups excluding carboxylic acids is 2. The van der Waals surface area contributed by atoms with Crippen molar-refractivity contribution in [3.8, 4) is 0 Å². The number of aromatic amines is 1. The molecule has 0 unspecified atom stereocenters. The molecule has 0 bridgehead atoms. The van der Waals surface area contributed by atoms with E-state index < -0.39 is 0 Å². The van der Waals surface area contributed by atoms with Crippen molar-refractivity contribution in [1.29, 1.82) is 0 Å². The predicted molar refractivity (Wildman–Crippen MR) is 99.3 cm³/mol. The van der Waals surface area contributed by atoms with Gasteiger partial charge in [-0.3, -0.25) is 9.59 Å². The number of aromatic nitrogens is 2. The van der Waals surface area contributed by atoms with Crippen molar-refractivity contribution in [2.75, 3.05) is 19.0 Å². The Bertz CT molecular complexity index is 778. The van der Waals surface area contributed by atoms with Crippen LogP contribution in [0.15, 0.2) is 18.3 Å². The Labute approximate surface area is 148 Å². The molecule has 0 aliphatic carbocycles. The number of hydrogen-bond acceptors (Lipinski definition) is 4. The molecule has 2 N–H and O–H groups in total. The van der Waals surface area contributed by atoms with E-state index >= 15 is 0 Å². The van der Waals surface area contributed by atoms with E-state index in [1.54, 1.807) is 6.20 Å². The first-order valence-corrected chi connectivity index (χ1v) is 8.48. The zero-order chi connectivity index (χ0) is 18.6. The third kappa shape index (κ3) is 4.26. The van der Waals surface area contributed by atoms with E-state index in [1.165, 1.54) is 6.92 Å². The van der Waals surface area contributed by atoms with Gasteiger partial charge >= 0.3 is 0 Å². The second-order valence-corrected chi connectivity index (χ2v) is 6.38. The lowest BCUT2D eigenvalue weighted by Gasteiger charge is -2.12. The maximum Gasteiger partial charge on any atom is 0.268 e. The summed E-state index contributed by atoms with van der Waals surface area (Å²) < 4.78 is 0. The summed E-state index contributed by atoms with van der Waals surface area (Å²) in [4.78, 5) is 33.8. The maximum absolute atomic E-state index is 12.6. The molecule has 2 rings (SSSR count). The van der Waals surface area contributed by atoms with Crippen LogP contribution in [-0.4, -0.2) is 35.8 Å². The zero-order valence-corrected chi connectivity index (χ0v) is 15.6. The van der Waals surface area contributed by atoms with Crippen LogP contribution in [0.3, 0.4) is 0 Å². The number of amides is 1. The molecule has 0 atom stereocenters. The van der Waals surface area contributed by atoms with Gasteiger partial charge in [-0.25, -0.2) is 4.98 Å². The van der Waals surface area contributed by atoms with E-state index in [0.29, 0.717) is 24.2 Å². The molecule has 2 aromatic rings. The Morgan fingerprint density at radius 1 is 1.32 bits per heavy atom. The van der Waals surface area contributed by atoms with Gasteiger partial charge in [0.1, 0.15) is 11.5 Å². The molecular formula is C19H26N4O2. The minimum Gasteiger partial charge on any atom is -0.363 e. The summed E-state index contributed by atoms with van der Waals surface area (Å²) in [5, 5.41) is 2.93. The van der Waals surface area contributed by atoms with Crippen molar-refractivity contribution in [3.05, 3.63) is 46.4 Å². The zero-order valence-electron chi connectivity index (χ0n) is 15.6. The molecule has 0 radical (unpaired) electrons. The summed E-state index contributed by atoms with van der Waals surface area (Å²) in [6.45, 7) is 5.81. The lowest BCUT2D eigenvalue weighted by Crippen LogP contribution is -2.24. The molecule has 1 amide bonds. The van der Waals surface area contributed by atoms with Crippen LogP contribution in [0.1, 0.15) is 57.9 Å². The van der Waals surface area contributed by atoms with Crippen molar-refractivity contribution in [3.63, 3.8) is 0 Å². The van der Waals surface area contributed by atoms with Gasteiger partial charge in [0, 0.05) is 38.1 Å². The highest BCUT2D eigenvalue weighted by atomic mass is 16.2. The Hall–Kier alpha value is -2.63. The molecule has 2 heterocycles. The fraction of sp³-hybridized carbons (Fsp3) is 0.421. The lowest BCUT2D eigenvalue weighted by molar-refractivity contribution is 0.0945. The lowest BCUT2D eigenvalue weighted by atomic mass is 10.0. The van der Waals surface area contributed by atoms with Crippen molar-refractivity contribution in [1.82, 2.24) is 15.3 Å². The molecule has 0 saturated heterocycles. The minimum absolute atomic E-state index is 0.0130. The van der Waals surface area contributed by atoms with Crippen molar-refractivity contribution >= 4 is 17.5 Å². The van der Waals surface area contributed by atoms with Crippen LogP contribution in [0.2, 0.25) is 0 Å². The summed E-state index contributed by atoms with van der Waals surface area (Å²) in [7, 11) is 3.85. The van der Waals surface area contributed by atoms with Gasteiger partial charge in [-0.15, -0.1) is 0 Å². The minimum atomic E-state index is -0.192. The standard InChI is InChI=1S/C19H26N4O2/c1-6-7-15-17(13(3)24)12(2)22-18(15)19(25)21-11-14-8-9-20-16(10-14)23(4)5/h8-10,22H,6-7,11H2,1-5H3,(H,21,25). The molecule has 0 saturated carbocycles. The number of hydrogen-bond donors (Lipinski definition) is 2.